The van der Waals surface area contributed by atoms with Crippen molar-refractivity contribution in [1.29, 1.82) is 0 Å². The molecule has 0 aromatic heterocycles. The van der Waals surface area contributed by atoms with Crippen molar-refractivity contribution >= 4 is 24.2 Å². The van der Waals surface area contributed by atoms with E-state index in [1.807, 2.05) is 12.1 Å². The summed E-state index contributed by atoms with van der Waals surface area (Å²) in [6, 6.07) is 4.17. The Balaban J connectivity index is 0.00000364. The van der Waals surface area contributed by atoms with E-state index >= 15 is 0 Å². The van der Waals surface area contributed by atoms with Gasteiger partial charge in [0.05, 0.1) is 27.4 Å². The van der Waals surface area contributed by atoms with E-state index in [1.54, 1.807) is 14.2 Å². The van der Waals surface area contributed by atoms with E-state index in [2.05, 4.69) is 31.0 Å². The van der Waals surface area contributed by atoms with Gasteiger partial charge in [-0.3, -0.25) is 0 Å². The van der Waals surface area contributed by atoms with Crippen LogP contribution in [0.3, 0.4) is 0 Å². The second-order valence-electron chi connectivity index (χ2n) is 6.87. The Labute approximate surface area is 168 Å². The number of halogens is 1. The highest BCUT2D eigenvalue weighted by Gasteiger charge is 2.33. The van der Waals surface area contributed by atoms with Crippen LogP contribution in [-0.2, 0) is 4.74 Å². The fourth-order valence-corrected chi connectivity index (χ4v) is 3.69. The Hall–Kier alpha value is -1.82. The van der Waals surface area contributed by atoms with Gasteiger partial charge in [-0.25, -0.2) is 4.79 Å². The topological polar surface area (TPSA) is 60.0 Å². The minimum atomic E-state index is -0.420. The molecule has 1 heterocycles. The van der Waals surface area contributed by atoms with Gasteiger partial charge in [-0.2, -0.15) is 0 Å². The Morgan fingerprint density at radius 3 is 2.30 bits per heavy atom. The Morgan fingerprint density at radius 2 is 1.78 bits per heavy atom. The number of ether oxygens (including phenoxy) is 3. The first-order valence-electron chi connectivity index (χ1n) is 9.35. The predicted molar refractivity (Wildman–Crippen MR) is 111 cm³/mol. The van der Waals surface area contributed by atoms with Gasteiger partial charge in [-0.1, -0.05) is 26.7 Å². The quantitative estimate of drug-likeness (QED) is 0.727. The maximum atomic E-state index is 11.8. The molecule has 0 bridgehead atoms. The minimum Gasteiger partial charge on any atom is -0.493 e. The van der Waals surface area contributed by atoms with Crippen molar-refractivity contribution in [2.45, 2.75) is 52.1 Å². The molecule has 6 nitrogen and oxygen atoms in total. The molecule has 7 heteroatoms. The molecule has 27 heavy (non-hydrogen) atoms. The van der Waals surface area contributed by atoms with Crippen molar-refractivity contribution in [2.24, 2.45) is 5.92 Å². The van der Waals surface area contributed by atoms with Crippen molar-refractivity contribution in [3.05, 3.63) is 17.7 Å². The number of fused-ring (bicyclic) bond motifs is 1. The molecule has 2 unspecified atom stereocenters. The van der Waals surface area contributed by atoms with Crippen LogP contribution in [0.2, 0.25) is 0 Å². The number of amides is 1. The third-order valence-electron chi connectivity index (χ3n) is 5.41. The minimum absolute atomic E-state index is 0. The third kappa shape index (κ3) is 5.12. The standard InChI is InChI=1S/C20H32N2O4.ClH/c1-7-14(8-2)12-22-13(3)9-16(21-20(23)26-6)15-10-18(24-4)19(25-5)11-17(15)22;/h10-11,13-14,16H,7-9,12H2,1-6H3,(H,21,23);1H. The zero-order chi connectivity index (χ0) is 19.3. The van der Waals surface area contributed by atoms with E-state index in [4.69, 9.17) is 14.2 Å². The van der Waals surface area contributed by atoms with Crippen molar-refractivity contribution in [1.82, 2.24) is 5.32 Å². The molecule has 0 saturated heterocycles. The number of hydrogen-bond donors (Lipinski definition) is 1. The summed E-state index contributed by atoms with van der Waals surface area (Å²) >= 11 is 0. The van der Waals surface area contributed by atoms with E-state index < -0.39 is 6.09 Å². The van der Waals surface area contributed by atoms with Crippen molar-refractivity contribution in [2.75, 3.05) is 32.8 Å². The average molecular weight is 401 g/mol. The van der Waals surface area contributed by atoms with E-state index in [-0.39, 0.29) is 18.4 Å². The Morgan fingerprint density at radius 1 is 1.19 bits per heavy atom. The van der Waals surface area contributed by atoms with Crippen LogP contribution in [-0.4, -0.2) is 40.0 Å². The summed E-state index contributed by atoms with van der Waals surface area (Å²) in [6.45, 7) is 7.66. The fourth-order valence-electron chi connectivity index (χ4n) is 3.69. The highest BCUT2D eigenvalue weighted by molar-refractivity contribution is 5.85. The number of rotatable bonds is 7. The number of nitrogens with one attached hydrogen (secondary N) is 1. The molecule has 154 valence electrons. The van der Waals surface area contributed by atoms with Crippen LogP contribution in [0.1, 0.15) is 51.6 Å². The summed E-state index contributed by atoms with van der Waals surface area (Å²) in [5.74, 6) is 2.00. The Bertz CT molecular complexity index is 622. The molecule has 1 amide bonds. The number of anilines is 1. The van der Waals surface area contributed by atoms with E-state index in [0.29, 0.717) is 23.5 Å². The third-order valence-corrected chi connectivity index (χ3v) is 5.41. The number of hydrogen-bond acceptors (Lipinski definition) is 5. The van der Waals surface area contributed by atoms with Gasteiger partial charge in [0.2, 0.25) is 0 Å². The molecule has 2 atom stereocenters. The van der Waals surface area contributed by atoms with Crippen molar-refractivity contribution < 1.29 is 19.0 Å². The van der Waals surface area contributed by atoms with Crippen molar-refractivity contribution in [3.8, 4) is 11.5 Å². The molecule has 1 aliphatic rings. The second-order valence-corrected chi connectivity index (χ2v) is 6.87. The van der Waals surface area contributed by atoms with Gasteiger partial charge < -0.3 is 24.4 Å². The fraction of sp³-hybridized carbons (Fsp3) is 0.650. The smallest absolute Gasteiger partial charge is 0.407 e. The molecule has 2 rings (SSSR count). The number of carbonyl (C=O) groups excluding carboxylic acids is 1. The highest BCUT2D eigenvalue weighted by Crippen LogP contribution is 2.44. The van der Waals surface area contributed by atoms with Gasteiger partial charge in [0.1, 0.15) is 0 Å². The van der Waals surface area contributed by atoms with Gasteiger partial charge in [-0.15, -0.1) is 12.4 Å². The number of carbonyl (C=O) groups is 1. The molecule has 0 saturated carbocycles. The molecular formula is C20H33ClN2O4. The zero-order valence-corrected chi connectivity index (χ0v) is 18.0. The molecule has 0 spiro atoms. The SMILES string of the molecule is CCC(CC)CN1c2cc(OC)c(OC)cc2C(NC(=O)OC)CC1C.Cl. The van der Waals surface area contributed by atoms with Crippen LogP contribution in [0.25, 0.3) is 0 Å². The predicted octanol–water partition coefficient (Wildman–Crippen LogP) is 4.56. The highest BCUT2D eigenvalue weighted by atomic mass is 35.5. The summed E-state index contributed by atoms with van der Waals surface area (Å²) in [5, 5.41) is 2.96. The molecule has 0 aliphatic carbocycles. The van der Waals surface area contributed by atoms with Crippen LogP contribution >= 0.6 is 12.4 Å². The number of benzene rings is 1. The lowest BCUT2D eigenvalue weighted by atomic mass is 9.89. The lowest BCUT2D eigenvalue weighted by molar-refractivity contribution is 0.165. The van der Waals surface area contributed by atoms with Gasteiger partial charge in [0, 0.05) is 29.9 Å². The molecule has 1 aromatic rings. The van der Waals surface area contributed by atoms with Gasteiger partial charge in [0.15, 0.2) is 11.5 Å². The lowest BCUT2D eigenvalue weighted by Gasteiger charge is -2.42. The monoisotopic (exact) mass is 400 g/mol. The summed E-state index contributed by atoms with van der Waals surface area (Å²) in [7, 11) is 4.66. The first-order valence-corrected chi connectivity index (χ1v) is 9.35. The van der Waals surface area contributed by atoms with Crippen LogP contribution < -0.4 is 19.7 Å². The van der Waals surface area contributed by atoms with E-state index in [0.717, 1.165) is 37.1 Å². The molecular weight excluding hydrogens is 368 g/mol. The van der Waals surface area contributed by atoms with Crippen LogP contribution in [0.15, 0.2) is 12.1 Å². The van der Waals surface area contributed by atoms with Crippen LogP contribution in [0.4, 0.5) is 10.5 Å². The lowest BCUT2D eigenvalue weighted by Crippen LogP contribution is -2.45. The second kappa shape index (κ2) is 10.5. The maximum absolute atomic E-state index is 11.8. The van der Waals surface area contributed by atoms with Gasteiger partial charge in [-0.05, 0) is 25.3 Å². The molecule has 1 aromatic carbocycles. The largest absolute Gasteiger partial charge is 0.493 e. The summed E-state index contributed by atoms with van der Waals surface area (Å²) in [5.41, 5.74) is 2.13. The van der Waals surface area contributed by atoms with Crippen molar-refractivity contribution in [3.63, 3.8) is 0 Å². The van der Waals surface area contributed by atoms with Crippen LogP contribution in [0.5, 0.6) is 11.5 Å². The number of methoxy groups -OCH3 is 3. The number of alkyl carbamates (subject to hydrolysis) is 1. The van der Waals surface area contributed by atoms with E-state index in [9.17, 15) is 4.79 Å². The summed E-state index contributed by atoms with van der Waals surface area (Å²) in [4.78, 5) is 14.3. The molecule has 0 radical (unpaired) electrons. The first-order chi connectivity index (χ1) is 12.5. The number of nitrogens with zero attached hydrogens (tertiary/aromatic N) is 1. The molecule has 0 fully saturated rings. The maximum Gasteiger partial charge on any atom is 0.407 e. The average Bonchev–Trinajstić information content (AvgIpc) is 2.66. The zero-order valence-electron chi connectivity index (χ0n) is 17.2. The summed E-state index contributed by atoms with van der Waals surface area (Å²) in [6.07, 6.45) is 2.69. The van der Waals surface area contributed by atoms with Gasteiger partial charge in [0.25, 0.3) is 0 Å². The Kier molecular flexibility index (Phi) is 9.03. The molecule has 1 aliphatic heterocycles. The van der Waals surface area contributed by atoms with Gasteiger partial charge >= 0.3 is 6.09 Å². The summed E-state index contributed by atoms with van der Waals surface area (Å²) < 4.78 is 15.8. The first kappa shape index (κ1) is 23.2. The van der Waals surface area contributed by atoms with E-state index in [1.165, 1.54) is 7.11 Å². The van der Waals surface area contributed by atoms with Crippen LogP contribution in [0, 0.1) is 5.92 Å². The molecule has 1 N–H and O–H groups in total. The normalized spacial score (nSPS) is 18.4.